The zero-order chi connectivity index (χ0) is 15.5. The number of thiophene rings is 1. The van der Waals surface area contributed by atoms with Crippen LogP contribution in [0.1, 0.15) is 29.0 Å². The Balaban J connectivity index is 2.34. The molecule has 1 unspecified atom stereocenters. The molecule has 21 heavy (non-hydrogen) atoms. The second-order valence-electron chi connectivity index (χ2n) is 4.61. The van der Waals surface area contributed by atoms with Crippen molar-refractivity contribution in [3.05, 3.63) is 56.7 Å². The first kappa shape index (κ1) is 16.3. The lowest BCUT2D eigenvalue weighted by atomic mass is 9.97. The van der Waals surface area contributed by atoms with Crippen LogP contribution in [0.5, 0.6) is 0 Å². The minimum absolute atomic E-state index is 0.274. The minimum atomic E-state index is -4.35. The van der Waals surface area contributed by atoms with Gasteiger partial charge in [0.2, 0.25) is 0 Å². The summed E-state index contributed by atoms with van der Waals surface area (Å²) in [5.74, 6) is 0. The van der Waals surface area contributed by atoms with E-state index < -0.39 is 11.7 Å². The van der Waals surface area contributed by atoms with Crippen LogP contribution in [0.4, 0.5) is 13.2 Å². The topological polar surface area (TPSA) is 12.0 Å². The van der Waals surface area contributed by atoms with Gasteiger partial charge >= 0.3 is 6.18 Å². The van der Waals surface area contributed by atoms with Gasteiger partial charge in [0.1, 0.15) is 0 Å². The molecule has 1 N–H and O–H groups in total. The second kappa shape index (κ2) is 6.81. The van der Waals surface area contributed by atoms with E-state index in [-0.39, 0.29) is 11.6 Å². The fourth-order valence-electron chi connectivity index (χ4n) is 2.26. The summed E-state index contributed by atoms with van der Waals surface area (Å²) in [5.41, 5.74) is -0.310. The normalized spacial score (nSPS) is 13.4. The van der Waals surface area contributed by atoms with Gasteiger partial charge in [-0.3, -0.25) is 0 Å². The van der Waals surface area contributed by atoms with Gasteiger partial charge in [0.25, 0.3) is 0 Å². The smallest absolute Gasteiger partial charge is 0.310 e. The van der Waals surface area contributed by atoms with E-state index in [1.807, 2.05) is 13.0 Å². The van der Waals surface area contributed by atoms with Gasteiger partial charge in [-0.2, -0.15) is 13.2 Å². The lowest BCUT2D eigenvalue weighted by molar-refractivity contribution is -0.138. The van der Waals surface area contributed by atoms with Gasteiger partial charge < -0.3 is 5.32 Å². The van der Waals surface area contributed by atoms with Crippen molar-refractivity contribution in [1.82, 2.24) is 5.32 Å². The van der Waals surface area contributed by atoms with E-state index >= 15 is 0 Å². The van der Waals surface area contributed by atoms with Crippen LogP contribution in [0.3, 0.4) is 0 Å². The fraction of sp³-hybridized carbons (Fsp3) is 0.333. The summed E-state index contributed by atoms with van der Waals surface area (Å²) >= 11 is 7.28. The third-order valence-corrected chi connectivity index (χ3v) is 4.38. The molecule has 1 heterocycles. The Labute approximate surface area is 130 Å². The highest BCUT2D eigenvalue weighted by molar-refractivity contribution is 7.16. The molecule has 6 heteroatoms. The third kappa shape index (κ3) is 4.22. The molecule has 0 bridgehead atoms. The van der Waals surface area contributed by atoms with E-state index in [0.29, 0.717) is 17.3 Å². The number of likely N-dealkylation sites (N-methyl/N-ethyl adjacent to an activating group) is 1. The molecule has 1 nitrogen and oxygen atoms in total. The van der Waals surface area contributed by atoms with Crippen LogP contribution >= 0.6 is 22.9 Å². The van der Waals surface area contributed by atoms with E-state index in [4.69, 9.17) is 11.6 Å². The number of halogens is 4. The van der Waals surface area contributed by atoms with Crippen LogP contribution < -0.4 is 5.32 Å². The van der Waals surface area contributed by atoms with Crippen molar-refractivity contribution in [3.8, 4) is 0 Å². The van der Waals surface area contributed by atoms with Crippen molar-refractivity contribution in [3.63, 3.8) is 0 Å². The van der Waals surface area contributed by atoms with Crippen molar-refractivity contribution in [2.45, 2.75) is 25.6 Å². The Morgan fingerprint density at radius 3 is 2.48 bits per heavy atom. The van der Waals surface area contributed by atoms with Gasteiger partial charge in [-0.15, -0.1) is 11.3 Å². The Morgan fingerprint density at radius 1 is 1.19 bits per heavy atom. The molecule has 0 fully saturated rings. The maximum absolute atomic E-state index is 13.1. The Kier molecular flexibility index (Phi) is 5.30. The van der Waals surface area contributed by atoms with Gasteiger partial charge in [0.15, 0.2) is 0 Å². The molecule has 1 atom stereocenters. The molecule has 0 aliphatic heterocycles. The van der Waals surface area contributed by atoms with E-state index in [0.717, 1.165) is 10.9 Å². The lowest BCUT2D eigenvalue weighted by Gasteiger charge is -2.22. The zero-order valence-electron chi connectivity index (χ0n) is 11.4. The van der Waals surface area contributed by atoms with Gasteiger partial charge in [-0.1, -0.05) is 36.7 Å². The standard InChI is InChI=1S/C15H15ClF3NS/c1-2-20-13(9-10-7-8-14(16)21-10)11-5-3-4-6-12(11)15(17,18)19/h3-8,13,20H,2,9H2,1H3. The molecule has 2 aromatic rings. The van der Waals surface area contributed by atoms with Crippen molar-refractivity contribution in [2.75, 3.05) is 6.54 Å². The van der Waals surface area contributed by atoms with Crippen molar-refractivity contribution >= 4 is 22.9 Å². The highest BCUT2D eigenvalue weighted by Gasteiger charge is 2.34. The van der Waals surface area contributed by atoms with E-state index in [9.17, 15) is 13.2 Å². The first-order chi connectivity index (χ1) is 9.91. The molecule has 1 aromatic heterocycles. The fourth-order valence-corrected chi connectivity index (χ4v) is 3.39. The average molecular weight is 334 g/mol. The molecule has 114 valence electrons. The first-order valence-corrected chi connectivity index (χ1v) is 7.75. The lowest BCUT2D eigenvalue weighted by Crippen LogP contribution is -2.25. The summed E-state index contributed by atoms with van der Waals surface area (Å²) in [6.07, 6.45) is -3.87. The van der Waals surface area contributed by atoms with Gasteiger partial charge in [-0.25, -0.2) is 0 Å². The Bertz CT molecular complexity index is 595. The number of alkyl halides is 3. The molecule has 0 radical (unpaired) electrons. The quantitative estimate of drug-likeness (QED) is 0.781. The maximum atomic E-state index is 13.1. The number of rotatable bonds is 5. The summed E-state index contributed by atoms with van der Waals surface area (Å²) in [4.78, 5) is 0.961. The van der Waals surface area contributed by atoms with Crippen LogP contribution in [0.15, 0.2) is 36.4 Å². The highest BCUT2D eigenvalue weighted by atomic mass is 35.5. The molecular formula is C15H15ClF3NS. The number of hydrogen-bond donors (Lipinski definition) is 1. The molecule has 2 rings (SSSR count). The monoisotopic (exact) mass is 333 g/mol. The summed E-state index contributed by atoms with van der Waals surface area (Å²) in [5, 5.41) is 3.13. The predicted molar refractivity (Wildman–Crippen MR) is 80.9 cm³/mol. The zero-order valence-corrected chi connectivity index (χ0v) is 12.9. The Morgan fingerprint density at radius 2 is 1.90 bits per heavy atom. The summed E-state index contributed by atoms with van der Waals surface area (Å²) in [7, 11) is 0. The van der Waals surface area contributed by atoms with E-state index in [1.165, 1.54) is 23.5 Å². The van der Waals surface area contributed by atoms with Crippen molar-refractivity contribution < 1.29 is 13.2 Å². The summed E-state index contributed by atoms with van der Waals surface area (Å²) in [6.45, 7) is 2.47. The molecule has 0 aliphatic carbocycles. The predicted octanol–water partition coefficient (Wildman–Crippen LogP) is 5.31. The van der Waals surface area contributed by atoms with Crippen LogP contribution in [0.2, 0.25) is 4.34 Å². The molecule has 0 saturated carbocycles. The SMILES string of the molecule is CCNC(Cc1ccc(Cl)s1)c1ccccc1C(F)(F)F. The van der Waals surface area contributed by atoms with Crippen LogP contribution in [-0.2, 0) is 12.6 Å². The van der Waals surface area contributed by atoms with Crippen LogP contribution in [0.25, 0.3) is 0 Å². The van der Waals surface area contributed by atoms with Gasteiger partial charge in [0.05, 0.1) is 9.90 Å². The number of benzene rings is 1. The van der Waals surface area contributed by atoms with Crippen LogP contribution in [0, 0.1) is 0 Å². The largest absolute Gasteiger partial charge is 0.416 e. The second-order valence-corrected chi connectivity index (χ2v) is 6.40. The van der Waals surface area contributed by atoms with Crippen LogP contribution in [-0.4, -0.2) is 6.54 Å². The van der Waals surface area contributed by atoms with Crippen molar-refractivity contribution in [1.29, 1.82) is 0 Å². The highest BCUT2D eigenvalue weighted by Crippen LogP contribution is 2.36. The molecule has 0 amide bonds. The molecule has 0 aliphatic rings. The number of hydrogen-bond acceptors (Lipinski definition) is 2. The summed E-state index contributed by atoms with van der Waals surface area (Å²) in [6, 6.07) is 8.94. The summed E-state index contributed by atoms with van der Waals surface area (Å²) < 4.78 is 40.1. The third-order valence-electron chi connectivity index (χ3n) is 3.13. The van der Waals surface area contributed by atoms with Crippen molar-refractivity contribution in [2.24, 2.45) is 0 Å². The van der Waals surface area contributed by atoms with Gasteiger partial charge in [0, 0.05) is 17.3 Å². The Hall–Kier alpha value is -1.04. The molecule has 0 saturated heterocycles. The first-order valence-electron chi connectivity index (χ1n) is 6.55. The maximum Gasteiger partial charge on any atom is 0.416 e. The molecule has 1 aromatic carbocycles. The molecular weight excluding hydrogens is 319 g/mol. The molecule has 0 spiro atoms. The van der Waals surface area contributed by atoms with Gasteiger partial charge in [-0.05, 0) is 30.3 Å². The van der Waals surface area contributed by atoms with E-state index in [2.05, 4.69) is 5.32 Å². The number of nitrogens with one attached hydrogen (secondary N) is 1. The minimum Gasteiger partial charge on any atom is -0.310 e. The van der Waals surface area contributed by atoms with E-state index in [1.54, 1.807) is 12.1 Å². The average Bonchev–Trinajstić information content (AvgIpc) is 2.83.